The molecule has 21 heavy (non-hydrogen) atoms. The molecule has 2 aromatic rings. The van der Waals surface area contributed by atoms with Gasteiger partial charge in [0.1, 0.15) is 11.5 Å². The van der Waals surface area contributed by atoms with Gasteiger partial charge in [0.25, 0.3) is 0 Å². The third kappa shape index (κ3) is 3.70. The number of hydrogen-bond acceptors (Lipinski definition) is 6. The number of nitrogens with one attached hydrogen (secondary N) is 1. The third-order valence-corrected chi connectivity index (χ3v) is 5.93. The second kappa shape index (κ2) is 5.98. The Labute approximate surface area is 127 Å². The van der Waals surface area contributed by atoms with Gasteiger partial charge in [-0.1, -0.05) is 11.3 Å². The molecule has 0 fully saturated rings. The van der Waals surface area contributed by atoms with Crippen LogP contribution in [0, 0.1) is 0 Å². The Morgan fingerprint density at radius 1 is 1.43 bits per heavy atom. The van der Waals surface area contributed by atoms with Crippen molar-refractivity contribution in [2.75, 3.05) is 18.2 Å². The van der Waals surface area contributed by atoms with Gasteiger partial charge in [0.05, 0.1) is 22.6 Å². The average Bonchev–Trinajstić information content (AvgIpc) is 2.78. The standard InChI is InChI=1S/C13H16N2O4S2/c1-8(2)21(17,18)7-12(16)15-13-14-10-5-4-9(19-3)6-11(10)20-13/h4-6,8H,7H2,1-3H3,(H,14,15,16). The maximum absolute atomic E-state index is 11.8. The molecule has 0 radical (unpaired) electrons. The number of fused-ring (bicyclic) bond motifs is 1. The van der Waals surface area contributed by atoms with E-state index in [1.165, 1.54) is 11.3 Å². The molecule has 114 valence electrons. The first-order chi connectivity index (χ1) is 9.81. The van der Waals surface area contributed by atoms with E-state index in [1.54, 1.807) is 33.1 Å². The molecule has 1 N–H and O–H groups in total. The molecule has 1 aromatic heterocycles. The second-order valence-corrected chi connectivity index (χ2v) is 8.34. The molecular formula is C13H16N2O4S2. The van der Waals surface area contributed by atoms with Crippen LogP contribution in [-0.4, -0.2) is 37.4 Å². The summed E-state index contributed by atoms with van der Waals surface area (Å²) in [5, 5.41) is 2.32. The van der Waals surface area contributed by atoms with Gasteiger partial charge in [0, 0.05) is 0 Å². The van der Waals surface area contributed by atoms with Crippen molar-refractivity contribution < 1.29 is 17.9 Å². The number of benzene rings is 1. The van der Waals surface area contributed by atoms with Crippen LogP contribution in [0.1, 0.15) is 13.8 Å². The van der Waals surface area contributed by atoms with Crippen molar-refractivity contribution in [1.29, 1.82) is 0 Å². The highest BCUT2D eigenvalue weighted by Crippen LogP contribution is 2.29. The van der Waals surface area contributed by atoms with E-state index < -0.39 is 26.7 Å². The predicted molar refractivity (Wildman–Crippen MR) is 83.7 cm³/mol. The fourth-order valence-electron chi connectivity index (χ4n) is 1.59. The summed E-state index contributed by atoms with van der Waals surface area (Å²) in [7, 11) is -1.84. The Kier molecular flexibility index (Phi) is 4.48. The van der Waals surface area contributed by atoms with Crippen molar-refractivity contribution in [1.82, 2.24) is 4.98 Å². The largest absolute Gasteiger partial charge is 0.497 e. The van der Waals surface area contributed by atoms with E-state index in [1.807, 2.05) is 6.07 Å². The van der Waals surface area contributed by atoms with E-state index in [2.05, 4.69) is 10.3 Å². The maximum Gasteiger partial charge on any atom is 0.241 e. The highest BCUT2D eigenvalue weighted by molar-refractivity contribution is 7.92. The molecule has 0 saturated carbocycles. The molecule has 2 rings (SSSR count). The zero-order valence-corrected chi connectivity index (χ0v) is 13.5. The Morgan fingerprint density at radius 3 is 2.76 bits per heavy atom. The lowest BCUT2D eigenvalue weighted by atomic mass is 10.3. The summed E-state index contributed by atoms with van der Waals surface area (Å²) in [5.41, 5.74) is 0.725. The molecule has 0 aliphatic rings. The summed E-state index contributed by atoms with van der Waals surface area (Å²) >= 11 is 1.27. The molecule has 0 bridgehead atoms. The number of carbonyl (C=O) groups excluding carboxylic acids is 1. The number of ether oxygens (including phenoxy) is 1. The highest BCUT2D eigenvalue weighted by Gasteiger charge is 2.21. The van der Waals surface area contributed by atoms with E-state index in [4.69, 9.17) is 4.74 Å². The van der Waals surface area contributed by atoms with Crippen LogP contribution < -0.4 is 10.1 Å². The van der Waals surface area contributed by atoms with Crippen molar-refractivity contribution >= 4 is 42.4 Å². The van der Waals surface area contributed by atoms with Gasteiger partial charge in [0.2, 0.25) is 5.91 Å². The first kappa shape index (κ1) is 15.7. The van der Waals surface area contributed by atoms with Crippen molar-refractivity contribution in [3.05, 3.63) is 18.2 Å². The minimum absolute atomic E-state index is 0.377. The van der Waals surface area contributed by atoms with Crippen LogP contribution in [0.4, 0.5) is 5.13 Å². The van der Waals surface area contributed by atoms with E-state index in [9.17, 15) is 13.2 Å². The summed E-state index contributed by atoms with van der Waals surface area (Å²) in [6.45, 7) is 3.10. The molecule has 0 unspecified atom stereocenters. The summed E-state index contributed by atoms with van der Waals surface area (Å²) in [5.74, 6) is -0.412. The molecule has 1 heterocycles. The second-order valence-electron chi connectivity index (χ2n) is 4.76. The van der Waals surface area contributed by atoms with Crippen molar-refractivity contribution in [3.8, 4) is 5.75 Å². The number of aromatic nitrogens is 1. The van der Waals surface area contributed by atoms with Gasteiger partial charge in [-0.25, -0.2) is 13.4 Å². The lowest BCUT2D eigenvalue weighted by molar-refractivity contribution is -0.113. The van der Waals surface area contributed by atoms with Crippen LogP contribution in [-0.2, 0) is 14.6 Å². The summed E-state index contributed by atoms with van der Waals surface area (Å²) in [6.07, 6.45) is 0. The first-order valence-corrected chi connectivity index (χ1v) is 8.81. The van der Waals surface area contributed by atoms with Crippen LogP contribution in [0.15, 0.2) is 18.2 Å². The number of thiazole rings is 1. The third-order valence-electron chi connectivity index (χ3n) is 2.89. The topological polar surface area (TPSA) is 85.4 Å². The molecule has 1 aromatic carbocycles. The normalized spacial score (nSPS) is 11.8. The highest BCUT2D eigenvalue weighted by atomic mass is 32.2. The fourth-order valence-corrected chi connectivity index (χ4v) is 3.27. The Bertz CT molecular complexity index is 766. The van der Waals surface area contributed by atoms with E-state index in [0.29, 0.717) is 10.9 Å². The van der Waals surface area contributed by atoms with Gasteiger partial charge in [-0.15, -0.1) is 0 Å². The van der Waals surface area contributed by atoms with Crippen LogP contribution in [0.5, 0.6) is 5.75 Å². The number of methoxy groups -OCH3 is 1. The number of anilines is 1. The number of hydrogen-bond donors (Lipinski definition) is 1. The number of sulfone groups is 1. The number of amides is 1. The molecule has 8 heteroatoms. The molecule has 0 aliphatic carbocycles. The lowest BCUT2D eigenvalue weighted by Gasteiger charge is -2.06. The van der Waals surface area contributed by atoms with Gasteiger partial charge >= 0.3 is 0 Å². The summed E-state index contributed by atoms with van der Waals surface area (Å²) in [6, 6.07) is 5.37. The molecule has 1 amide bonds. The smallest absolute Gasteiger partial charge is 0.241 e. The molecule has 6 nitrogen and oxygen atoms in total. The van der Waals surface area contributed by atoms with Crippen molar-refractivity contribution in [3.63, 3.8) is 0 Å². The molecule has 0 spiro atoms. The van der Waals surface area contributed by atoms with Crippen LogP contribution in [0.25, 0.3) is 10.2 Å². The fraction of sp³-hybridized carbons (Fsp3) is 0.385. The maximum atomic E-state index is 11.8. The van der Waals surface area contributed by atoms with Gasteiger partial charge in [-0.05, 0) is 32.0 Å². The molecule has 0 aliphatic heterocycles. The summed E-state index contributed by atoms with van der Waals surface area (Å²) < 4.78 is 29.4. The van der Waals surface area contributed by atoms with Gasteiger partial charge in [-0.3, -0.25) is 4.79 Å². The minimum Gasteiger partial charge on any atom is -0.497 e. The van der Waals surface area contributed by atoms with Crippen LogP contribution >= 0.6 is 11.3 Å². The Hall–Kier alpha value is -1.67. The predicted octanol–water partition coefficient (Wildman–Crippen LogP) is 2.07. The van der Waals surface area contributed by atoms with E-state index in [0.717, 1.165) is 10.2 Å². The van der Waals surface area contributed by atoms with Gasteiger partial charge < -0.3 is 10.1 Å². The number of rotatable bonds is 5. The Balaban J connectivity index is 2.15. The zero-order valence-electron chi connectivity index (χ0n) is 11.9. The van der Waals surface area contributed by atoms with Gasteiger partial charge in [-0.2, -0.15) is 0 Å². The van der Waals surface area contributed by atoms with Crippen molar-refractivity contribution in [2.24, 2.45) is 0 Å². The SMILES string of the molecule is COc1ccc2nc(NC(=O)CS(=O)(=O)C(C)C)sc2c1. The molecular weight excluding hydrogens is 312 g/mol. The lowest BCUT2D eigenvalue weighted by Crippen LogP contribution is -2.27. The Morgan fingerprint density at radius 2 is 2.14 bits per heavy atom. The first-order valence-electron chi connectivity index (χ1n) is 6.28. The van der Waals surface area contributed by atoms with Gasteiger partial charge in [0.15, 0.2) is 15.0 Å². The average molecular weight is 328 g/mol. The quantitative estimate of drug-likeness (QED) is 0.908. The number of carbonyl (C=O) groups is 1. The van der Waals surface area contributed by atoms with E-state index in [-0.39, 0.29) is 0 Å². The number of nitrogens with zero attached hydrogens (tertiary/aromatic N) is 1. The zero-order chi connectivity index (χ0) is 15.6. The minimum atomic E-state index is -3.41. The van der Waals surface area contributed by atoms with Crippen LogP contribution in [0.3, 0.4) is 0 Å². The van der Waals surface area contributed by atoms with Crippen LogP contribution in [0.2, 0.25) is 0 Å². The molecule has 0 saturated heterocycles. The van der Waals surface area contributed by atoms with E-state index >= 15 is 0 Å². The monoisotopic (exact) mass is 328 g/mol. The summed E-state index contributed by atoms with van der Waals surface area (Å²) in [4.78, 5) is 16.0. The molecule has 0 atom stereocenters. The van der Waals surface area contributed by atoms with Crippen molar-refractivity contribution in [2.45, 2.75) is 19.1 Å².